The molecule has 17 heteroatoms. The fourth-order valence-corrected chi connectivity index (χ4v) is 8.16. The Kier molecular flexibility index (Phi) is 13.2. The minimum Gasteiger partial charge on any atom is -0.492 e. The zero-order chi connectivity index (χ0) is 41.5. The number of pyridine rings is 1. The van der Waals surface area contributed by atoms with Crippen LogP contribution in [0.4, 0.5) is 37.7 Å². The van der Waals surface area contributed by atoms with E-state index in [4.69, 9.17) is 4.74 Å². The van der Waals surface area contributed by atoms with Crippen LogP contribution >= 0.6 is 11.8 Å². The summed E-state index contributed by atoms with van der Waals surface area (Å²) in [6.45, 7) is 4.72. The van der Waals surface area contributed by atoms with Crippen molar-refractivity contribution < 1.29 is 44.3 Å². The van der Waals surface area contributed by atoms with Gasteiger partial charge in [0.1, 0.15) is 5.75 Å². The number of nitrogens with one attached hydrogen (secondary N) is 2. The molecule has 0 aliphatic carbocycles. The van der Waals surface area contributed by atoms with E-state index in [1.807, 2.05) is 44.9 Å². The van der Waals surface area contributed by atoms with Gasteiger partial charge in [-0.2, -0.15) is 26.3 Å². The molecular weight excluding hydrogens is 805 g/mol. The largest absolute Gasteiger partial charge is 0.492 e. The van der Waals surface area contributed by atoms with Crippen LogP contribution in [0.3, 0.4) is 0 Å². The number of anilines is 2. The van der Waals surface area contributed by atoms with Crippen LogP contribution in [0, 0.1) is 0 Å². The Morgan fingerprint density at radius 2 is 1.55 bits per heavy atom. The van der Waals surface area contributed by atoms with E-state index in [-0.39, 0.29) is 24.3 Å². The quantitative estimate of drug-likeness (QED) is 0.0645. The first-order valence-electron chi connectivity index (χ1n) is 18.2. The van der Waals surface area contributed by atoms with Gasteiger partial charge in [0.15, 0.2) is 0 Å². The number of sulfonamides is 1. The highest BCUT2D eigenvalue weighted by molar-refractivity contribution is 7.99. The number of hydrogen-bond donors (Lipinski definition) is 2. The Morgan fingerprint density at radius 1 is 0.828 bits per heavy atom. The van der Waals surface area contributed by atoms with E-state index < -0.39 is 44.3 Å². The summed E-state index contributed by atoms with van der Waals surface area (Å²) in [5, 5.41) is 2.73. The lowest BCUT2D eigenvalue weighted by Crippen LogP contribution is -2.46. The minimum absolute atomic E-state index is 0.0291. The van der Waals surface area contributed by atoms with Crippen molar-refractivity contribution in [3.8, 4) is 16.9 Å². The second-order valence-electron chi connectivity index (χ2n) is 13.3. The summed E-state index contributed by atoms with van der Waals surface area (Å²) in [7, 11) is -4.68. The molecule has 0 radical (unpaired) electrons. The molecule has 0 saturated carbocycles. The summed E-state index contributed by atoms with van der Waals surface area (Å²) >= 11 is 1.45. The van der Waals surface area contributed by atoms with Crippen LogP contribution in [-0.2, 0) is 28.9 Å². The fraction of sp³-hybridized carbons (Fsp3) is 0.268. The zero-order valence-electron chi connectivity index (χ0n) is 31.1. The van der Waals surface area contributed by atoms with E-state index in [9.17, 15) is 39.6 Å². The normalized spacial score (nSPS) is 13.9. The molecule has 6 rings (SSSR count). The summed E-state index contributed by atoms with van der Waals surface area (Å²) < 4.78 is 117. The number of amides is 1. The molecule has 1 aliphatic rings. The molecule has 5 aromatic rings. The monoisotopic (exact) mass is 843 g/mol. The van der Waals surface area contributed by atoms with Gasteiger partial charge in [-0.1, -0.05) is 18.2 Å². The second kappa shape index (κ2) is 18.1. The number of alkyl halides is 6. The molecule has 306 valence electrons. The van der Waals surface area contributed by atoms with E-state index >= 15 is 0 Å². The van der Waals surface area contributed by atoms with Crippen molar-refractivity contribution in [3.63, 3.8) is 0 Å². The topological polar surface area (TPSA) is 104 Å². The van der Waals surface area contributed by atoms with Crippen molar-refractivity contribution in [2.24, 2.45) is 0 Å². The van der Waals surface area contributed by atoms with Gasteiger partial charge in [-0.3, -0.25) is 14.7 Å². The van der Waals surface area contributed by atoms with E-state index in [2.05, 4.69) is 10.3 Å². The Labute approximate surface area is 336 Å². The maximum atomic E-state index is 14.0. The van der Waals surface area contributed by atoms with Gasteiger partial charge in [0.2, 0.25) is 0 Å². The van der Waals surface area contributed by atoms with E-state index in [0.717, 1.165) is 34.8 Å². The summed E-state index contributed by atoms with van der Waals surface area (Å²) in [5.74, 6) is -0.108. The molecule has 9 nitrogen and oxygen atoms in total. The van der Waals surface area contributed by atoms with E-state index in [1.165, 1.54) is 36.3 Å². The maximum Gasteiger partial charge on any atom is 0.418 e. The van der Waals surface area contributed by atoms with Gasteiger partial charge in [-0.15, -0.1) is 11.8 Å². The number of aromatic nitrogens is 1. The van der Waals surface area contributed by atoms with Gasteiger partial charge in [0, 0.05) is 78.6 Å². The van der Waals surface area contributed by atoms with Crippen molar-refractivity contribution in [2.75, 3.05) is 55.3 Å². The van der Waals surface area contributed by atoms with Crippen molar-refractivity contribution >= 4 is 39.1 Å². The lowest BCUT2D eigenvalue weighted by Gasteiger charge is -2.36. The Hall–Kier alpha value is -5.26. The number of rotatable bonds is 14. The molecular formula is C41H39F6N5O4S2. The molecule has 1 fully saturated rings. The molecule has 1 amide bonds. The van der Waals surface area contributed by atoms with E-state index in [1.54, 1.807) is 31.2 Å². The molecule has 58 heavy (non-hydrogen) atoms. The van der Waals surface area contributed by atoms with Crippen LogP contribution in [0.5, 0.6) is 5.75 Å². The molecule has 2 N–H and O–H groups in total. The van der Waals surface area contributed by atoms with Crippen LogP contribution in [0.1, 0.15) is 34.0 Å². The van der Waals surface area contributed by atoms with Gasteiger partial charge < -0.3 is 15.0 Å². The average molecular weight is 844 g/mol. The summed E-state index contributed by atoms with van der Waals surface area (Å²) in [6, 6.07) is 23.5. The van der Waals surface area contributed by atoms with Gasteiger partial charge in [0.05, 0.1) is 28.8 Å². The smallest absolute Gasteiger partial charge is 0.418 e. The Morgan fingerprint density at radius 3 is 2.22 bits per heavy atom. The number of carbonyl (C=O) groups is 1. The predicted octanol–water partition coefficient (Wildman–Crippen LogP) is 8.83. The Bertz CT molecular complexity index is 2300. The van der Waals surface area contributed by atoms with Gasteiger partial charge in [0.25, 0.3) is 15.9 Å². The summed E-state index contributed by atoms with van der Waals surface area (Å²) in [4.78, 5) is 21.4. The van der Waals surface area contributed by atoms with Gasteiger partial charge in [-0.05, 0) is 96.9 Å². The fourth-order valence-electron chi connectivity index (χ4n) is 6.37. The number of halogens is 6. The molecule has 4 aromatic carbocycles. The second-order valence-corrected chi connectivity index (χ2v) is 16.1. The summed E-state index contributed by atoms with van der Waals surface area (Å²) in [6.07, 6.45) is -6.43. The number of thioether (sulfide) groups is 1. The molecule has 0 atom stereocenters. The third-order valence-corrected chi connectivity index (χ3v) is 11.6. The SMILES string of the molecule is CCOc1cncc(-c2cc(CN3CCN(c4ccc(C(=O)NS(=O)(=O)c5ccc(NCCSc6ccccc6)c(C(F)(F)F)c5)cc4)CC3)cc(C(F)(F)F)c2)c1. The number of ether oxygens (including phenoxy) is 1. The highest BCUT2D eigenvalue weighted by Crippen LogP contribution is 2.37. The number of carbonyl (C=O) groups excluding carboxylic acids is 1. The van der Waals surface area contributed by atoms with Crippen LogP contribution in [0.2, 0.25) is 0 Å². The first-order valence-corrected chi connectivity index (χ1v) is 20.6. The number of nitrogens with zero attached hydrogens (tertiary/aromatic N) is 3. The van der Waals surface area contributed by atoms with Crippen LogP contribution < -0.4 is 19.7 Å². The number of benzene rings is 4. The molecule has 0 spiro atoms. The molecule has 1 aliphatic heterocycles. The Balaban J connectivity index is 1.05. The summed E-state index contributed by atoms with van der Waals surface area (Å²) in [5.41, 5.74) is -0.181. The predicted molar refractivity (Wildman–Crippen MR) is 212 cm³/mol. The average Bonchev–Trinajstić information content (AvgIpc) is 3.19. The number of hydrogen-bond acceptors (Lipinski definition) is 9. The molecule has 0 bridgehead atoms. The highest BCUT2D eigenvalue weighted by Gasteiger charge is 2.35. The lowest BCUT2D eigenvalue weighted by atomic mass is 10.00. The van der Waals surface area contributed by atoms with Gasteiger partial charge >= 0.3 is 12.4 Å². The molecule has 1 saturated heterocycles. The van der Waals surface area contributed by atoms with E-state index in [0.29, 0.717) is 67.0 Å². The van der Waals surface area contributed by atoms with Gasteiger partial charge in [-0.25, -0.2) is 13.1 Å². The first kappa shape index (κ1) is 42.3. The molecule has 1 aromatic heterocycles. The van der Waals surface area contributed by atoms with Crippen molar-refractivity contribution in [3.05, 3.63) is 132 Å². The van der Waals surface area contributed by atoms with Crippen LogP contribution in [0.15, 0.2) is 119 Å². The first-order chi connectivity index (χ1) is 27.6. The minimum atomic E-state index is -4.87. The molecule has 0 unspecified atom stereocenters. The lowest BCUT2D eigenvalue weighted by molar-refractivity contribution is -0.138. The third kappa shape index (κ3) is 11.0. The third-order valence-electron chi connectivity index (χ3n) is 9.21. The number of piperazine rings is 1. The zero-order valence-corrected chi connectivity index (χ0v) is 32.7. The standard InChI is InChI=1S/C41H39F6N5O4S2/c1-2-56-34-23-31(25-48-26-34)30-20-28(21-32(22-30)40(42,43)44)27-51-15-17-52(18-16-51)33-10-8-29(9-11-33)39(53)50-58(54,55)36-12-13-38(37(24-36)41(45,46)47)49-14-19-57-35-6-4-3-5-7-35/h3-13,20-26,49H,2,14-19,27H2,1H3,(H,50,53). The van der Waals surface area contributed by atoms with Crippen molar-refractivity contribution in [1.82, 2.24) is 14.6 Å². The van der Waals surface area contributed by atoms with Crippen molar-refractivity contribution in [2.45, 2.75) is 35.6 Å². The highest BCUT2D eigenvalue weighted by atomic mass is 32.2. The molecule has 2 heterocycles. The maximum absolute atomic E-state index is 14.0. The van der Waals surface area contributed by atoms with Crippen molar-refractivity contribution in [1.29, 1.82) is 0 Å². The van der Waals surface area contributed by atoms with Crippen LogP contribution in [-0.4, -0.2) is 69.3 Å². The van der Waals surface area contributed by atoms with Crippen LogP contribution in [0.25, 0.3) is 11.1 Å².